The van der Waals surface area contributed by atoms with E-state index in [1.54, 1.807) is 12.1 Å². The quantitative estimate of drug-likeness (QED) is 0.537. The fourth-order valence-corrected chi connectivity index (χ4v) is 4.01. The monoisotopic (exact) mass is 405 g/mol. The number of aryl methyl sites for hydroxylation is 1. The highest BCUT2D eigenvalue weighted by atomic mass is 32.2. The molecule has 1 aliphatic heterocycles. The van der Waals surface area contributed by atoms with E-state index in [9.17, 15) is 9.59 Å². The fourth-order valence-electron chi connectivity index (χ4n) is 2.78. The van der Waals surface area contributed by atoms with Crippen molar-refractivity contribution in [1.82, 2.24) is 14.8 Å². The SMILES string of the molecule is Cc1cc(SC#N)ccc1NC(=O)CSc1n[nH]c(=O)n1C[C@@H]1CCCO1. The van der Waals surface area contributed by atoms with Crippen LogP contribution in [0, 0.1) is 17.6 Å². The van der Waals surface area contributed by atoms with Gasteiger partial charge in [-0.15, -0.1) is 5.10 Å². The molecule has 0 saturated carbocycles. The maximum absolute atomic E-state index is 12.3. The second-order valence-electron chi connectivity index (χ2n) is 6.06. The first-order chi connectivity index (χ1) is 13.1. The van der Waals surface area contributed by atoms with Crippen LogP contribution in [-0.2, 0) is 16.1 Å². The molecule has 0 bridgehead atoms. The lowest BCUT2D eigenvalue weighted by atomic mass is 10.2. The smallest absolute Gasteiger partial charge is 0.344 e. The van der Waals surface area contributed by atoms with Crippen LogP contribution in [0.1, 0.15) is 18.4 Å². The summed E-state index contributed by atoms with van der Waals surface area (Å²) in [5.74, 6) is -0.0628. The fraction of sp³-hybridized carbons (Fsp3) is 0.412. The molecule has 3 rings (SSSR count). The van der Waals surface area contributed by atoms with Gasteiger partial charge in [-0.3, -0.25) is 9.36 Å². The third kappa shape index (κ3) is 5.15. The number of anilines is 1. The van der Waals surface area contributed by atoms with Gasteiger partial charge in [0.05, 0.1) is 18.4 Å². The van der Waals surface area contributed by atoms with Crippen LogP contribution in [0.2, 0.25) is 0 Å². The summed E-state index contributed by atoms with van der Waals surface area (Å²) in [6.45, 7) is 3.03. The number of carbonyl (C=O) groups excluding carboxylic acids is 1. The minimum atomic E-state index is -0.296. The number of aromatic nitrogens is 3. The Morgan fingerprint density at radius 2 is 2.41 bits per heavy atom. The van der Waals surface area contributed by atoms with Gasteiger partial charge in [-0.1, -0.05) is 11.8 Å². The average molecular weight is 406 g/mol. The standard InChI is InChI=1S/C17H19N5O3S2/c1-11-7-13(27-10-18)4-5-14(11)19-15(23)9-26-17-21-20-16(24)22(17)8-12-3-2-6-25-12/h4-5,7,12H,2-3,6,8-9H2,1H3,(H,19,23)(H,20,24)/t12-/m0/s1. The molecule has 2 heterocycles. The van der Waals surface area contributed by atoms with Crippen molar-refractivity contribution in [2.75, 3.05) is 17.7 Å². The number of H-pyrrole nitrogens is 1. The molecule has 1 fully saturated rings. The number of amides is 1. The predicted molar refractivity (Wildman–Crippen MR) is 104 cm³/mol. The van der Waals surface area contributed by atoms with Crippen LogP contribution < -0.4 is 11.0 Å². The molecule has 1 aromatic heterocycles. The molecule has 1 saturated heterocycles. The van der Waals surface area contributed by atoms with Crippen molar-refractivity contribution < 1.29 is 9.53 Å². The highest BCUT2D eigenvalue weighted by Gasteiger charge is 2.20. The number of carbonyl (C=O) groups is 1. The molecule has 1 aromatic carbocycles. The number of nitrogens with one attached hydrogen (secondary N) is 2. The van der Waals surface area contributed by atoms with Gasteiger partial charge in [0.15, 0.2) is 5.16 Å². The van der Waals surface area contributed by atoms with Crippen molar-refractivity contribution in [2.24, 2.45) is 0 Å². The summed E-state index contributed by atoms with van der Waals surface area (Å²) in [4.78, 5) is 25.0. The van der Waals surface area contributed by atoms with Gasteiger partial charge in [0.2, 0.25) is 5.91 Å². The number of nitrogens with zero attached hydrogens (tertiary/aromatic N) is 3. The largest absolute Gasteiger partial charge is 0.376 e. The van der Waals surface area contributed by atoms with Gasteiger partial charge in [-0.25, -0.2) is 9.89 Å². The van der Waals surface area contributed by atoms with Crippen LogP contribution in [-0.4, -0.2) is 39.1 Å². The zero-order valence-corrected chi connectivity index (χ0v) is 16.4. The number of benzene rings is 1. The van der Waals surface area contributed by atoms with E-state index in [1.165, 1.54) is 16.3 Å². The Morgan fingerprint density at radius 3 is 3.11 bits per heavy atom. The number of aromatic amines is 1. The topological polar surface area (TPSA) is 113 Å². The van der Waals surface area contributed by atoms with E-state index in [4.69, 9.17) is 10.00 Å². The lowest BCUT2D eigenvalue weighted by Gasteiger charge is -2.11. The molecule has 27 heavy (non-hydrogen) atoms. The molecule has 1 amide bonds. The Morgan fingerprint density at radius 1 is 1.56 bits per heavy atom. The van der Waals surface area contributed by atoms with Crippen molar-refractivity contribution in [1.29, 1.82) is 5.26 Å². The Hall–Kier alpha value is -2.22. The number of thiocyanates is 1. The molecule has 0 unspecified atom stereocenters. The first kappa shape index (κ1) is 19.5. The molecular weight excluding hydrogens is 386 g/mol. The highest BCUT2D eigenvalue weighted by Crippen LogP contribution is 2.24. The molecule has 2 aromatic rings. The zero-order chi connectivity index (χ0) is 19.2. The van der Waals surface area contributed by atoms with Crippen molar-refractivity contribution in [3.63, 3.8) is 0 Å². The van der Waals surface area contributed by atoms with Crippen molar-refractivity contribution in [3.8, 4) is 5.40 Å². The maximum atomic E-state index is 12.3. The molecule has 142 valence electrons. The van der Waals surface area contributed by atoms with Crippen molar-refractivity contribution in [2.45, 2.75) is 42.5 Å². The third-order valence-corrected chi connectivity index (χ3v) is 5.66. The summed E-state index contributed by atoms with van der Waals surface area (Å²) in [5.41, 5.74) is 1.28. The number of rotatable bonds is 7. The van der Waals surface area contributed by atoms with Crippen LogP contribution in [0.4, 0.5) is 5.69 Å². The number of nitriles is 1. The van der Waals surface area contributed by atoms with E-state index in [-0.39, 0.29) is 23.5 Å². The summed E-state index contributed by atoms with van der Waals surface area (Å²) in [5, 5.41) is 20.5. The number of ether oxygens (including phenoxy) is 1. The Bertz CT molecular complexity index is 912. The van der Waals surface area contributed by atoms with E-state index in [2.05, 4.69) is 15.5 Å². The van der Waals surface area contributed by atoms with Crippen LogP contribution >= 0.6 is 23.5 Å². The molecule has 10 heteroatoms. The normalized spacial score (nSPS) is 16.2. The number of thioether (sulfide) groups is 2. The van der Waals surface area contributed by atoms with E-state index in [1.807, 2.05) is 18.4 Å². The van der Waals surface area contributed by atoms with Crippen LogP contribution in [0.5, 0.6) is 0 Å². The predicted octanol–water partition coefficient (Wildman–Crippen LogP) is 2.36. The Balaban J connectivity index is 1.58. The molecule has 1 aliphatic rings. The third-order valence-electron chi connectivity index (χ3n) is 4.10. The van der Waals surface area contributed by atoms with Gasteiger partial charge in [-0.05, 0) is 55.3 Å². The summed E-state index contributed by atoms with van der Waals surface area (Å²) >= 11 is 2.28. The second-order valence-corrected chi connectivity index (χ2v) is 7.86. The summed E-state index contributed by atoms with van der Waals surface area (Å²) in [6.07, 6.45) is 1.93. The molecule has 2 N–H and O–H groups in total. The lowest BCUT2D eigenvalue weighted by molar-refractivity contribution is -0.113. The van der Waals surface area contributed by atoms with Gasteiger partial charge in [0, 0.05) is 17.2 Å². The van der Waals surface area contributed by atoms with Crippen LogP contribution in [0.25, 0.3) is 0 Å². The van der Waals surface area contributed by atoms with Gasteiger partial charge in [0.25, 0.3) is 0 Å². The average Bonchev–Trinajstić information content (AvgIpc) is 3.27. The minimum absolute atomic E-state index is 0.0147. The van der Waals surface area contributed by atoms with Gasteiger partial charge in [-0.2, -0.15) is 5.26 Å². The van der Waals surface area contributed by atoms with Crippen LogP contribution in [0.3, 0.4) is 0 Å². The Labute approximate surface area is 164 Å². The summed E-state index contributed by atoms with van der Waals surface area (Å²) in [7, 11) is 0. The number of hydrogen-bond acceptors (Lipinski definition) is 7. The van der Waals surface area contributed by atoms with Crippen LogP contribution in [0.15, 0.2) is 33.0 Å². The maximum Gasteiger partial charge on any atom is 0.344 e. The van der Waals surface area contributed by atoms with Gasteiger partial charge >= 0.3 is 5.69 Å². The molecule has 0 aliphatic carbocycles. The summed E-state index contributed by atoms with van der Waals surface area (Å²) < 4.78 is 7.09. The van der Waals surface area contributed by atoms with Crippen molar-refractivity contribution >= 4 is 35.1 Å². The molecule has 0 radical (unpaired) electrons. The van der Waals surface area contributed by atoms with Gasteiger partial charge < -0.3 is 10.1 Å². The van der Waals surface area contributed by atoms with Crippen molar-refractivity contribution in [3.05, 3.63) is 34.2 Å². The first-order valence-corrected chi connectivity index (χ1v) is 10.2. The second kappa shape index (κ2) is 9.12. The molecule has 1 atom stereocenters. The van der Waals surface area contributed by atoms with E-state index < -0.39 is 0 Å². The zero-order valence-electron chi connectivity index (χ0n) is 14.7. The molecule has 8 nitrogen and oxygen atoms in total. The first-order valence-electron chi connectivity index (χ1n) is 8.43. The van der Waals surface area contributed by atoms with E-state index in [0.717, 1.165) is 35.1 Å². The summed E-state index contributed by atoms with van der Waals surface area (Å²) in [6, 6.07) is 5.42. The van der Waals surface area contributed by atoms with E-state index in [0.29, 0.717) is 24.0 Å². The van der Waals surface area contributed by atoms with Gasteiger partial charge in [0.1, 0.15) is 5.40 Å². The lowest BCUT2D eigenvalue weighted by Crippen LogP contribution is -2.25. The highest BCUT2D eigenvalue weighted by molar-refractivity contribution is 8.03. The number of hydrogen-bond donors (Lipinski definition) is 2. The molecule has 0 spiro atoms. The minimum Gasteiger partial charge on any atom is -0.376 e. The van der Waals surface area contributed by atoms with E-state index >= 15 is 0 Å². The molecular formula is C17H19N5O3S2. The Kier molecular flexibility index (Phi) is 6.60.